The molecule has 1 aliphatic heterocycles. The monoisotopic (exact) mass is 481 g/mol. The lowest BCUT2D eigenvalue weighted by Crippen LogP contribution is -2.28. The average Bonchev–Trinajstić information content (AvgIpc) is 3.11. The summed E-state index contributed by atoms with van der Waals surface area (Å²) in [7, 11) is 3.03. The Bertz CT molecular complexity index is 1240. The SMILES string of the molecule is COc1cc(/C=C2\SC(=O)N(c3ccccc3OC)C2=O)ccc1OCc1ccccc1Cl. The van der Waals surface area contributed by atoms with Gasteiger partial charge in [0, 0.05) is 10.6 Å². The molecule has 0 N–H and O–H groups in total. The van der Waals surface area contributed by atoms with Crippen molar-refractivity contribution in [1.29, 1.82) is 0 Å². The molecular weight excluding hydrogens is 462 g/mol. The molecule has 0 unspecified atom stereocenters. The van der Waals surface area contributed by atoms with Crippen molar-refractivity contribution in [3.05, 3.63) is 87.8 Å². The summed E-state index contributed by atoms with van der Waals surface area (Å²) < 4.78 is 16.6. The van der Waals surface area contributed by atoms with Crippen molar-refractivity contribution in [3.63, 3.8) is 0 Å². The summed E-state index contributed by atoms with van der Waals surface area (Å²) in [5.41, 5.74) is 1.96. The van der Waals surface area contributed by atoms with E-state index in [9.17, 15) is 9.59 Å². The van der Waals surface area contributed by atoms with E-state index in [-0.39, 0.29) is 11.8 Å². The van der Waals surface area contributed by atoms with Crippen LogP contribution in [0.4, 0.5) is 10.5 Å². The zero-order valence-electron chi connectivity index (χ0n) is 17.9. The number of carbonyl (C=O) groups excluding carboxylic acids is 2. The molecule has 168 valence electrons. The van der Waals surface area contributed by atoms with Gasteiger partial charge in [0.1, 0.15) is 12.4 Å². The maximum Gasteiger partial charge on any atom is 0.298 e. The van der Waals surface area contributed by atoms with Gasteiger partial charge >= 0.3 is 0 Å². The quantitative estimate of drug-likeness (QED) is 0.375. The van der Waals surface area contributed by atoms with Crippen LogP contribution in [-0.4, -0.2) is 25.4 Å². The molecule has 1 fully saturated rings. The van der Waals surface area contributed by atoms with Crippen LogP contribution in [0.1, 0.15) is 11.1 Å². The highest BCUT2D eigenvalue weighted by molar-refractivity contribution is 8.19. The molecule has 0 spiro atoms. The zero-order valence-corrected chi connectivity index (χ0v) is 19.5. The predicted octanol–water partition coefficient (Wildman–Crippen LogP) is 6.18. The number of carbonyl (C=O) groups is 2. The van der Waals surface area contributed by atoms with Crippen LogP contribution < -0.4 is 19.1 Å². The van der Waals surface area contributed by atoms with Gasteiger partial charge in [-0.05, 0) is 53.7 Å². The van der Waals surface area contributed by atoms with E-state index in [4.69, 9.17) is 25.8 Å². The molecule has 0 bridgehead atoms. The summed E-state index contributed by atoms with van der Waals surface area (Å²) >= 11 is 7.07. The molecule has 4 rings (SSSR count). The van der Waals surface area contributed by atoms with E-state index in [1.54, 1.807) is 54.6 Å². The molecule has 1 saturated heterocycles. The van der Waals surface area contributed by atoms with E-state index in [0.29, 0.717) is 38.4 Å². The first-order chi connectivity index (χ1) is 16.0. The van der Waals surface area contributed by atoms with Crippen LogP contribution in [0.25, 0.3) is 6.08 Å². The molecule has 0 aromatic heterocycles. The summed E-state index contributed by atoms with van der Waals surface area (Å²) in [5.74, 6) is 1.08. The van der Waals surface area contributed by atoms with Gasteiger partial charge in [0.25, 0.3) is 11.1 Å². The van der Waals surface area contributed by atoms with Gasteiger partial charge in [-0.1, -0.05) is 48.0 Å². The van der Waals surface area contributed by atoms with Crippen LogP contribution >= 0.6 is 23.4 Å². The summed E-state index contributed by atoms with van der Waals surface area (Å²) in [6, 6.07) is 19.6. The Kier molecular flexibility index (Phi) is 6.91. The van der Waals surface area contributed by atoms with Gasteiger partial charge in [0.05, 0.1) is 24.8 Å². The Balaban J connectivity index is 1.56. The number of amides is 2. The third kappa shape index (κ3) is 4.84. The number of nitrogens with zero attached hydrogens (tertiary/aromatic N) is 1. The molecule has 1 aliphatic rings. The lowest BCUT2D eigenvalue weighted by Gasteiger charge is -2.15. The third-order valence-electron chi connectivity index (χ3n) is 4.95. The second kappa shape index (κ2) is 10.0. The summed E-state index contributed by atoms with van der Waals surface area (Å²) in [4.78, 5) is 27.0. The van der Waals surface area contributed by atoms with Gasteiger partial charge in [0.2, 0.25) is 0 Å². The number of ether oxygens (including phenoxy) is 3. The molecule has 3 aromatic rings. The van der Waals surface area contributed by atoms with Gasteiger partial charge < -0.3 is 14.2 Å². The van der Waals surface area contributed by atoms with E-state index in [1.165, 1.54) is 14.2 Å². The van der Waals surface area contributed by atoms with Crippen molar-refractivity contribution in [2.45, 2.75) is 6.61 Å². The molecule has 3 aromatic carbocycles. The molecular formula is C25H20ClNO5S. The number of hydrogen-bond acceptors (Lipinski definition) is 6. The van der Waals surface area contributed by atoms with Crippen LogP contribution in [0.3, 0.4) is 0 Å². The average molecular weight is 482 g/mol. The Hall–Kier alpha value is -3.42. The second-order valence-corrected chi connectivity index (χ2v) is 8.38. The fourth-order valence-corrected chi connectivity index (χ4v) is 4.33. The van der Waals surface area contributed by atoms with Crippen molar-refractivity contribution in [2.75, 3.05) is 19.1 Å². The largest absolute Gasteiger partial charge is 0.495 e. The maximum atomic E-state index is 13.0. The van der Waals surface area contributed by atoms with Crippen LogP contribution in [0.5, 0.6) is 17.2 Å². The molecule has 33 heavy (non-hydrogen) atoms. The first-order valence-electron chi connectivity index (χ1n) is 9.97. The van der Waals surface area contributed by atoms with Crippen molar-refractivity contribution >= 4 is 46.3 Å². The van der Waals surface area contributed by atoms with E-state index >= 15 is 0 Å². The fourth-order valence-electron chi connectivity index (χ4n) is 3.31. The first-order valence-corrected chi connectivity index (χ1v) is 11.2. The van der Waals surface area contributed by atoms with E-state index in [2.05, 4.69) is 0 Å². The number of hydrogen-bond donors (Lipinski definition) is 0. The van der Waals surface area contributed by atoms with Gasteiger partial charge in [0.15, 0.2) is 11.5 Å². The number of imide groups is 1. The van der Waals surface area contributed by atoms with Crippen molar-refractivity contribution < 1.29 is 23.8 Å². The number of methoxy groups -OCH3 is 2. The normalized spacial score (nSPS) is 14.6. The molecule has 8 heteroatoms. The Morgan fingerprint density at radius 3 is 2.39 bits per heavy atom. The molecule has 2 amide bonds. The fraction of sp³-hybridized carbons (Fsp3) is 0.120. The highest BCUT2D eigenvalue weighted by Gasteiger charge is 2.37. The third-order valence-corrected chi connectivity index (χ3v) is 6.18. The minimum atomic E-state index is -0.410. The lowest BCUT2D eigenvalue weighted by atomic mass is 10.1. The number of benzene rings is 3. The molecule has 6 nitrogen and oxygen atoms in total. The van der Waals surface area contributed by atoms with E-state index < -0.39 is 5.91 Å². The molecule has 1 heterocycles. The summed E-state index contributed by atoms with van der Waals surface area (Å²) in [6.07, 6.45) is 1.65. The Labute approximate surface area is 200 Å². The Morgan fingerprint density at radius 2 is 1.64 bits per heavy atom. The number of anilines is 1. The zero-order chi connectivity index (χ0) is 23.4. The molecule has 0 radical (unpaired) electrons. The minimum absolute atomic E-state index is 0.285. The van der Waals surface area contributed by atoms with Crippen LogP contribution in [0.2, 0.25) is 5.02 Å². The number of halogens is 1. The smallest absolute Gasteiger partial charge is 0.298 e. The maximum absolute atomic E-state index is 13.0. The molecule has 0 atom stereocenters. The number of para-hydroxylation sites is 2. The lowest BCUT2D eigenvalue weighted by molar-refractivity contribution is -0.113. The summed E-state index contributed by atoms with van der Waals surface area (Å²) in [5, 5.41) is 0.237. The summed E-state index contributed by atoms with van der Waals surface area (Å²) in [6.45, 7) is 0.285. The molecule has 0 aliphatic carbocycles. The van der Waals surface area contributed by atoms with Crippen LogP contribution in [0, 0.1) is 0 Å². The van der Waals surface area contributed by atoms with Crippen molar-refractivity contribution in [2.24, 2.45) is 0 Å². The van der Waals surface area contributed by atoms with Gasteiger partial charge in [-0.3, -0.25) is 9.59 Å². The van der Waals surface area contributed by atoms with E-state index in [1.807, 2.05) is 18.2 Å². The number of rotatable bonds is 7. The van der Waals surface area contributed by atoms with Crippen molar-refractivity contribution in [1.82, 2.24) is 0 Å². The van der Waals surface area contributed by atoms with Gasteiger partial charge in [-0.25, -0.2) is 4.90 Å². The van der Waals surface area contributed by atoms with E-state index in [0.717, 1.165) is 22.2 Å². The molecule has 0 saturated carbocycles. The van der Waals surface area contributed by atoms with Gasteiger partial charge in [-0.2, -0.15) is 0 Å². The number of thioether (sulfide) groups is 1. The van der Waals surface area contributed by atoms with Crippen LogP contribution in [0.15, 0.2) is 71.6 Å². The van der Waals surface area contributed by atoms with Crippen LogP contribution in [-0.2, 0) is 11.4 Å². The minimum Gasteiger partial charge on any atom is -0.495 e. The first kappa shape index (κ1) is 22.8. The van der Waals surface area contributed by atoms with Gasteiger partial charge in [-0.15, -0.1) is 0 Å². The predicted molar refractivity (Wildman–Crippen MR) is 130 cm³/mol. The highest BCUT2D eigenvalue weighted by Crippen LogP contribution is 2.40. The van der Waals surface area contributed by atoms with Crippen molar-refractivity contribution in [3.8, 4) is 17.2 Å². The second-order valence-electron chi connectivity index (χ2n) is 6.98. The Morgan fingerprint density at radius 1 is 0.909 bits per heavy atom. The highest BCUT2D eigenvalue weighted by atomic mass is 35.5. The standard InChI is InChI=1S/C25H20ClNO5S/c1-30-20-10-6-5-9-19(20)27-24(28)23(33-25(27)29)14-16-11-12-21(22(13-16)31-2)32-15-17-7-3-4-8-18(17)26/h3-14H,15H2,1-2H3/b23-14-. The topological polar surface area (TPSA) is 65.1 Å².